The summed E-state index contributed by atoms with van der Waals surface area (Å²) in [5.41, 5.74) is 3.24. The van der Waals surface area contributed by atoms with Gasteiger partial charge in [0.15, 0.2) is 0 Å². The molecule has 0 saturated carbocycles. The van der Waals surface area contributed by atoms with Crippen LogP contribution in [-0.4, -0.2) is 16.2 Å². The van der Waals surface area contributed by atoms with Crippen LogP contribution in [0.1, 0.15) is 30.9 Å². The molecule has 0 amide bonds. The summed E-state index contributed by atoms with van der Waals surface area (Å²) in [5, 5.41) is 0.586. The summed E-state index contributed by atoms with van der Waals surface area (Å²) >= 11 is 0. The molecule has 26 heavy (non-hydrogen) atoms. The van der Waals surface area contributed by atoms with E-state index in [1.54, 1.807) is 11.6 Å². The van der Waals surface area contributed by atoms with Gasteiger partial charge in [0, 0.05) is 18.2 Å². The molecule has 0 unspecified atom stereocenters. The molecule has 134 valence electrons. The average molecular weight is 348 g/mol. The minimum atomic E-state index is -0.0693. The highest BCUT2D eigenvalue weighted by Crippen LogP contribution is 2.26. The van der Waals surface area contributed by atoms with E-state index >= 15 is 0 Å². The van der Waals surface area contributed by atoms with Gasteiger partial charge in [0.2, 0.25) is 0 Å². The first-order chi connectivity index (χ1) is 12.5. The molecule has 0 aliphatic rings. The first-order valence-electron chi connectivity index (χ1n) is 8.91. The Labute approximate surface area is 153 Å². The second-order valence-electron chi connectivity index (χ2n) is 6.50. The van der Waals surface area contributed by atoms with Crippen molar-refractivity contribution in [3.8, 4) is 11.4 Å². The number of hydrogen-bond donors (Lipinski definition) is 0. The van der Waals surface area contributed by atoms with E-state index in [0.29, 0.717) is 29.1 Å². The second-order valence-corrected chi connectivity index (χ2v) is 6.50. The van der Waals surface area contributed by atoms with Crippen LogP contribution in [0.15, 0.2) is 53.8 Å². The van der Waals surface area contributed by atoms with Gasteiger partial charge in [-0.3, -0.25) is 9.36 Å². The van der Waals surface area contributed by atoms with Crippen molar-refractivity contribution in [2.24, 2.45) is 7.05 Å². The number of aryl methyl sites for hydroxylation is 1. The third-order valence-corrected chi connectivity index (χ3v) is 4.43. The van der Waals surface area contributed by atoms with Crippen LogP contribution in [0.2, 0.25) is 0 Å². The predicted octanol–water partition coefficient (Wildman–Crippen LogP) is 4.70. The second kappa shape index (κ2) is 7.56. The van der Waals surface area contributed by atoms with Crippen molar-refractivity contribution in [2.45, 2.75) is 26.7 Å². The number of benzene rings is 2. The van der Waals surface area contributed by atoms with Crippen LogP contribution in [-0.2, 0) is 11.8 Å². The predicted molar refractivity (Wildman–Crippen MR) is 107 cm³/mol. The maximum absolute atomic E-state index is 13.0. The molecule has 1 heterocycles. The molecule has 0 saturated heterocycles. The van der Waals surface area contributed by atoms with Gasteiger partial charge in [0.1, 0.15) is 11.6 Å². The lowest BCUT2D eigenvalue weighted by molar-refractivity contribution is 0.271. The van der Waals surface area contributed by atoms with Crippen LogP contribution in [0.25, 0.3) is 28.0 Å². The Morgan fingerprint density at radius 2 is 1.96 bits per heavy atom. The Balaban J connectivity index is 2.21. The largest absolute Gasteiger partial charge is 0.494 e. The molecule has 0 fully saturated rings. The average Bonchev–Trinajstić information content (AvgIpc) is 2.65. The fraction of sp³-hybridized carbons (Fsp3) is 0.273. The number of aromatic nitrogens is 2. The number of nitrogens with zero attached hydrogens (tertiary/aromatic N) is 2. The van der Waals surface area contributed by atoms with E-state index < -0.39 is 0 Å². The zero-order valence-electron chi connectivity index (χ0n) is 15.6. The molecular formula is C22H24N2O2. The smallest absolute Gasteiger partial charge is 0.261 e. The highest BCUT2D eigenvalue weighted by atomic mass is 16.5. The number of rotatable bonds is 6. The summed E-state index contributed by atoms with van der Waals surface area (Å²) in [6, 6.07) is 13.6. The quantitative estimate of drug-likeness (QED) is 0.479. The van der Waals surface area contributed by atoms with Crippen LogP contribution < -0.4 is 5.56 Å². The van der Waals surface area contributed by atoms with Crippen LogP contribution in [0, 0.1) is 6.92 Å². The monoisotopic (exact) mass is 348 g/mol. The van der Waals surface area contributed by atoms with Crippen molar-refractivity contribution < 1.29 is 4.74 Å². The van der Waals surface area contributed by atoms with Crippen LogP contribution in [0.5, 0.6) is 0 Å². The normalized spacial score (nSPS) is 10.9. The minimum Gasteiger partial charge on any atom is -0.494 e. The molecule has 3 aromatic rings. The number of hydrogen-bond acceptors (Lipinski definition) is 3. The zero-order valence-corrected chi connectivity index (χ0v) is 15.6. The van der Waals surface area contributed by atoms with Gasteiger partial charge in [-0.1, -0.05) is 50.3 Å². The standard InChI is InChI=1S/C22H24N2O2/c1-5-6-12-26-16(3)18-13-15(2)14-19-20(18)23-21(24(4)22(19)25)17-10-8-7-9-11-17/h7-11,13-14H,3,5-6,12H2,1-2,4H3. The maximum atomic E-state index is 13.0. The van der Waals surface area contributed by atoms with Crippen molar-refractivity contribution in [3.05, 3.63) is 70.5 Å². The molecule has 0 aliphatic heterocycles. The number of unbranched alkanes of at least 4 members (excludes halogenated alkanes) is 1. The third-order valence-electron chi connectivity index (χ3n) is 4.43. The van der Waals surface area contributed by atoms with Crippen molar-refractivity contribution in [2.75, 3.05) is 6.61 Å². The van der Waals surface area contributed by atoms with Gasteiger partial charge in [0.05, 0.1) is 17.5 Å². The molecule has 2 aromatic carbocycles. The van der Waals surface area contributed by atoms with Gasteiger partial charge < -0.3 is 4.74 Å². The number of fused-ring (bicyclic) bond motifs is 1. The van der Waals surface area contributed by atoms with Crippen LogP contribution >= 0.6 is 0 Å². The number of ether oxygens (including phenoxy) is 1. The van der Waals surface area contributed by atoms with Gasteiger partial charge >= 0.3 is 0 Å². The summed E-state index contributed by atoms with van der Waals surface area (Å²) < 4.78 is 7.40. The molecule has 4 heteroatoms. The summed E-state index contributed by atoms with van der Waals surface area (Å²) in [7, 11) is 1.76. The van der Waals surface area contributed by atoms with Crippen molar-refractivity contribution in [3.63, 3.8) is 0 Å². The molecular weight excluding hydrogens is 324 g/mol. The summed E-state index contributed by atoms with van der Waals surface area (Å²) in [5.74, 6) is 1.20. The maximum Gasteiger partial charge on any atom is 0.261 e. The zero-order chi connectivity index (χ0) is 18.7. The van der Waals surface area contributed by atoms with Crippen molar-refractivity contribution in [1.29, 1.82) is 0 Å². The van der Waals surface area contributed by atoms with E-state index in [0.717, 1.165) is 29.5 Å². The third kappa shape index (κ3) is 3.40. The van der Waals surface area contributed by atoms with Crippen molar-refractivity contribution >= 4 is 16.7 Å². The lowest BCUT2D eigenvalue weighted by Gasteiger charge is -2.15. The Morgan fingerprint density at radius 1 is 1.23 bits per heavy atom. The molecule has 4 nitrogen and oxygen atoms in total. The van der Waals surface area contributed by atoms with Gasteiger partial charge in [-0.15, -0.1) is 0 Å². The minimum absolute atomic E-state index is 0.0693. The summed E-state index contributed by atoms with van der Waals surface area (Å²) in [6.45, 7) is 8.77. The van der Waals surface area contributed by atoms with Gasteiger partial charge in [-0.2, -0.15) is 0 Å². The SMILES string of the molecule is C=C(OCCCC)c1cc(C)cc2c(=O)n(C)c(-c3ccccc3)nc12. The topological polar surface area (TPSA) is 44.1 Å². The molecule has 0 aliphatic carbocycles. The Morgan fingerprint density at radius 3 is 2.65 bits per heavy atom. The Kier molecular flexibility index (Phi) is 5.21. The lowest BCUT2D eigenvalue weighted by Crippen LogP contribution is -2.21. The highest BCUT2D eigenvalue weighted by molar-refractivity contribution is 5.90. The first-order valence-corrected chi connectivity index (χ1v) is 8.91. The van der Waals surface area contributed by atoms with E-state index in [9.17, 15) is 4.79 Å². The molecule has 1 aromatic heterocycles. The molecule has 0 radical (unpaired) electrons. The van der Waals surface area contributed by atoms with E-state index in [1.807, 2.05) is 49.4 Å². The van der Waals surface area contributed by atoms with E-state index in [1.165, 1.54) is 0 Å². The molecule has 0 atom stereocenters. The van der Waals surface area contributed by atoms with E-state index in [2.05, 4.69) is 13.5 Å². The fourth-order valence-electron chi connectivity index (χ4n) is 3.00. The Bertz CT molecular complexity index is 1000. The van der Waals surface area contributed by atoms with Crippen LogP contribution in [0.3, 0.4) is 0 Å². The molecule has 0 N–H and O–H groups in total. The first kappa shape index (κ1) is 17.9. The van der Waals surface area contributed by atoms with Gasteiger partial charge in [-0.25, -0.2) is 4.98 Å². The summed E-state index contributed by atoms with van der Waals surface area (Å²) in [4.78, 5) is 17.8. The Hall–Kier alpha value is -2.88. The van der Waals surface area contributed by atoms with E-state index in [-0.39, 0.29) is 5.56 Å². The summed E-state index contributed by atoms with van der Waals surface area (Å²) in [6.07, 6.45) is 2.02. The molecule has 0 spiro atoms. The van der Waals surface area contributed by atoms with Crippen molar-refractivity contribution in [1.82, 2.24) is 9.55 Å². The van der Waals surface area contributed by atoms with Gasteiger partial charge in [0.25, 0.3) is 5.56 Å². The highest BCUT2D eigenvalue weighted by Gasteiger charge is 2.15. The lowest BCUT2D eigenvalue weighted by atomic mass is 10.0. The van der Waals surface area contributed by atoms with Gasteiger partial charge in [-0.05, 0) is 31.0 Å². The van der Waals surface area contributed by atoms with E-state index in [4.69, 9.17) is 9.72 Å². The fourth-order valence-corrected chi connectivity index (χ4v) is 3.00. The van der Waals surface area contributed by atoms with Crippen LogP contribution in [0.4, 0.5) is 0 Å². The molecule has 0 bridgehead atoms. The molecule has 3 rings (SSSR count).